The fraction of sp³-hybridized carbons (Fsp3) is 0.320. The van der Waals surface area contributed by atoms with Crippen LogP contribution in [-0.4, -0.2) is 5.91 Å². The predicted octanol–water partition coefficient (Wildman–Crippen LogP) is 6.28. The Morgan fingerprint density at radius 2 is 1.59 bits per heavy atom. The molecule has 0 fully saturated rings. The third kappa shape index (κ3) is 4.57. The Morgan fingerprint density at radius 1 is 0.889 bits per heavy atom. The SMILES string of the molecule is Cc1cc(C)cc(C(CC(C)C)NC(=O)c2cccc3ccc(C)cc23)c1. The highest BCUT2D eigenvalue weighted by Gasteiger charge is 2.19. The molecule has 2 nitrogen and oxygen atoms in total. The minimum absolute atomic E-state index is 0.00370. The molecule has 2 heteroatoms. The van der Waals surface area contributed by atoms with Crippen LogP contribution in [0.4, 0.5) is 0 Å². The normalized spacial score (nSPS) is 12.4. The zero-order valence-electron chi connectivity index (χ0n) is 17.0. The van der Waals surface area contributed by atoms with Gasteiger partial charge in [0.1, 0.15) is 0 Å². The number of amides is 1. The molecule has 0 spiro atoms. The Balaban J connectivity index is 1.96. The Morgan fingerprint density at radius 3 is 2.26 bits per heavy atom. The van der Waals surface area contributed by atoms with Crippen LogP contribution in [0.1, 0.15) is 58.9 Å². The van der Waals surface area contributed by atoms with E-state index < -0.39 is 0 Å². The topological polar surface area (TPSA) is 29.1 Å². The monoisotopic (exact) mass is 359 g/mol. The van der Waals surface area contributed by atoms with E-state index in [0.717, 1.165) is 28.3 Å². The summed E-state index contributed by atoms with van der Waals surface area (Å²) in [6.45, 7) is 10.7. The standard InChI is InChI=1S/C25H29NO/c1-16(2)11-24(21-13-18(4)12-19(5)14-21)26-25(27)22-8-6-7-20-10-9-17(3)15-23(20)22/h6-10,12-16,24H,11H2,1-5H3,(H,26,27). The molecular weight excluding hydrogens is 330 g/mol. The first-order valence-corrected chi connectivity index (χ1v) is 9.72. The molecule has 3 aromatic rings. The zero-order valence-corrected chi connectivity index (χ0v) is 17.0. The summed E-state index contributed by atoms with van der Waals surface area (Å²) in [5, 5.41) is 5.42. The maximum Gasteiger partial charge on any atom is 0.252 e. The van der Waals surface area contributed by atoms with Crippen LogP contribution >= 0.6 is 0 Å². The number of benzene rings is 3. The lowest BCUT2D eigenvalue weighted by Crippen LogP contribution is -2.29. The Labute approximate surface area is 162 Å². The molecule has 1 atom stereocenters. The van der Waals surface area contributed by atoms with Gasteiger partial charge in [-0.05, 0) is 55.5 Å². The molecule has 0 saturated carbocycles. The van der Waals surface area contributed by atoms with Crippen molar-refractivity contribution in [3.63, 3.8) is 0 Å². The van der Waals surface area contributed by atoms with Gasteiger partial charge in [0.2, 0.25) is 0 Å². The highest BCUT2D eigenvalue weighted by molar-refractivity contribution is 6.07. The fourth-order valence-corrected chi connectivity index (χ4v) is 3.78. The first kappa shape index (κ1) is 19.2. The highest BCUT2D eigenvalue weighted by atomic mass is 16.1. The number of carbonyl (C=O) groups excluding carboxylic acids is 1. The Bertz CT molecular complexity index is 951. The van der Waals surface area contributed by atoms with Crippen LogP contribution in [0.5, 0.6) is 0 Å². The van der Waals surface area contributed by atoms with E-state index in [1.54, 1.807) is 0 Å². The number of aryl methyl sites for hydroxylation is 3. The smallest absolute Gasteiger partial charge is 0.252 e. The molecule has 0 radical (unpaired) electrons. The van der Waals surface area contributed by atoms with Crippen molar-refractivity contribution in [2.24, 2.45) is 5.92 Å². The van der Waals surface area contributed by atoms with Crippen molar-refractivity contribution in [1.82, 2.24) is 5.32 Å². The molecule has 27 heavy (non-hydrogen) atoms. The van der Waals surface area contributed by atoms with E-state index in [1.807, 2.05) is 12.1 Å². The number of hydrogen-bond donors (Lipinski definition) is 1. The lowest BCUT2D eigenvalue weighted by atomic mass is 9.93. The van der Waals surface area contributed by atoms with Gasteiger partial charge in [0.05, 0.1) is 6.04 Å². The first-order valence-electron chi connectivity index (χ1n) is 9.72. The van der Waals surface area contributed by atoms with Gasteiger partial charge in [-0.15, -0.1) is 0 Å². The number of carbonyl (C=O) groups is 1. The van der Waals surface area contributed by atoms with Gasteiger partial charge in [-0.3, -0.25) is 4.79 Å². The van der Waals surface area contributed by atoms with Gasteiger partial charge in [0.15, 0.2) is 0 Å². The third-order valence-corrected chi connectivity index (χ3v) is 4.94. The average molecular weight is 360 g/mol. The minimum atomic E-state index is -0.00370. The van der Waals surface area contributed by atoms with Crippen molar-refractivity contribution in [3.8, 4) is 0 Å². The van der Waals surface area contributed by atoms with E-state index in [0.29, 0.717) is 5.92 Å². The Hall–Kier alpha value is -2.61. The van der Waals surface area contributed by atoms with E-state index in [4.69, 9.17) is 0 Å². The molecule has 0 aliphatic rings. The van der Waals surface area contributed by atoms with E-state index >= 15 is 0 Å². The molecule has 1 unspecified atom stereocenters. The molecule has 1 N–H and O–H groups in total. The van der Waals surface area contributed by atoms with Gasteiger partial charge < -0.3 is 5.32 Å². The van der Waals surface area contributed by atoms with Crippen molar-refractivity contribution in [1.29, 1.82) is 0 Å². The van der Waals surface area contributed by atoms with Crippen LogP contribution in [0.3, 0.4) is 0 Å². The van der Waals surface area contributed by atoms with Crippen LogP contribution in [0.2, 0.25) is 0 Å². The number of hydrogen-bond acceptors (Lipinski definition) is 1. The van der Waals surface area contributed by atoms with Crippen molar-refractivity contribution in [3.05, 3.63) is 82.4 Å². The summed E-state index contributed by atoms with van der Waals surface area (Å²) in [6.07, 6.45) is 0.915. The van der Waals surface area contributed by atoms with Crippen molar-refractivity contribution in [2.75, 3.05) is 0 Å². The van der Waals surface area contributed by atoms with Crippen LogP contribution in [-0.2, 0) is 0 Å². The van der Waals surface area contributed by atoms with Crippen molar-refractivity contribution in [2.45, 2.75) is 47.1 Å². The average Bonchev–Trinajstić information content (AvgIpc) is 2.59. The fourth-order valence-electron chi connectivity index (χ4n) is 3.78. The summed E-state index contributed by atoms with van der Waals surface area (Å²) in [7, 11) is 0. The third-order valence-electron chi connectivity index (χ3n) is 4.94. The second-order valence-corrected chi connectivity index (χ2v) is 8.11. The van der Waals surface area contributed by atoms with Gasteiger partial charge in [-0.2, -0.15) is 0 Å². The summed E-state index contributed by atoms with van der Waals surface area (Å²) in [6, 6.07) is 18.8. The summed E-state index contributed by atoms with van der Waals surface area (Å²) in [5.74, 6) is 0.488. The molecule has 0 aliphatic carbocycles. The van der Waals surface area contributed by atoms with Gasteiger partial charge >= 0.3 is 0 Å². The summed E-state index contributed by atoms with van der Waals surface area (Å²) >= 11 is 0. The van der Waals surface area contributed by atoms with Crippen LogP contribution in [0.15, 0.2) is 54.6 Å². The second kappa shape index (κ2) is 7.96. The largest absolute Gasteiger partial charge is 0.345 e. The summed E-state index contributed by atoms with van der Waals surface area (Å²) < 4.78 is 0. The van der Waals surface area contributed by atoms with Crippen LogP contribution in [0.25, 0.3) is 10.8 Å². The number of rotatable bonds is 5. The zero-order chi connectivity index (χ0) is 19.6. The molecular formula is C25H29NO. The second-order valence-electron chi connectivity index (χ2n) is 8.11. The maximum absolute atomic E-state index is 13.2. The van der Waals surface area contributed by atoms with Gasteiger partial charge in [0, 0.05) is 5.56 Å². The van der Waals surface area contributed by atoms with E-state index in [9.17, 15) is 4.79 Å². The van der Waals surface area contributed by atoms with Gasteiger partial charge in [0.25, 0.3) is 5.91 Å². The van der Waals surface area contributed by atoms with Gasteiger partial charge in [-0.1, -0.05) is 79.1 Å². The molecule has 0 aliphatic heterocycles. The summed E-state index contributed by atoms with van der Waals surface area (Å²) in [5.41, 5.74) is 5.55. The minimum Gasteiger partial charge on any atom is -0.345 e. The summed E-state index contributed by atoms with van der Waals surface area (Å²) in [4.78, 5) is 13.2. The molecule has 140 valence electrons. The lowest BCUT2D eigenvalue weighted by Gasteiger charge is -2.22. The Kier molecular flexibility index (Phi) is 5.65. The predicted molar refractivity (Wildman–Crippen MR) is 114 cm³/mol. The van der Waals surface area contributed by atoms with Crippen molar-refractivity contribution >= 4 is 16.7 Å². The number of nitrogens with one attached hydrogen (secondary N) is 1. The molecule has 3 rings (SSSR count). The molecule has 0 heterocycles. The molecule has 0 bridgehead atoms. The van der Waals surface area contributed by atoms with Crippen molar-refractivity contribution < 1.29 is 4.79 Å². The van der Waals surface area contributed by atoms with Gasteiger partial charge in [-0.25, -0.2) is 0 Å². The number of fused-ring (bicyclic) bond motifs is 1. The molecule has 0 saturated heterocycles. The van der Waals surface area contributed by atoms with Crippen LogP contribution < -0.4 is 5.32 Å². The van der Waals surface area contributed by atoms with E-state index in [2.05, 4.69) is 82.4 Å². The highest BCUT2D eigenvalue weighted by Crippen LogP contribution is 2.26. The quantitative estimate of drug-likeness (QED) is 0.570. The lowest BCUT2D eigenvalue weighted by molar-refractivity contribution is 0.0933. The molecule has 0 aromatic heterocycles. The van der Waals surface area contributed by atoms with Crippen LogP contribution in [0, 0.1) is 26.7 Å². The maximum atomic E-state index is 13.2. The van der Waals surface area contributed by atoms with E-state index in [-0.39, 0.29) is 11.9 Å². The first-order chi connectivity index (χ1) is 12.8. The molecule has 1 amide bonds. The van der Waals surface area contributed by atoms with E-state index in [1.165, 1.54) is 16.7 Å². The molecule has 3 aromatic carbocycles.